The Morgan fingerprint density at radius 1 is 1.00 bits per heavy atom. The maximum absolute atomic E-state index is 6.06. The fourth-order valence-electron chi connectivity index (χ4n) is 3.50. The van der Waals surface area contributed by atoms with Crippen molar-refractivity contribution in [2.45, 2.75) is 40.0 Å². The molecule has 1 aliphatic carbocycles. The van der Waals surface area contributed by atoms with Gasteiger partial charge in [0.1, 0.15) is 16.9 Å². The minimum atomic E-state index is 0.656. The zero-order valence-corrected chi connectivity index (χ0v) is 12.7. The van der Waals surface area contributed by atoms with E-state index in [1.54, 1.807) is 0 Å². The van der Waals surface area contributed by atoms with E-state index in [9.17, 15) is 0 Å². The average molecular weight is 284 g/mol. The Hall–Kier alpha value is -1.61. The van der Waals surface area contributed by atoms with Crippen LogP contribution in [0.3, 0.4) is 0 Å². The summed E-state index contributed by atoms with van der Waals surface area (Å²) in [4.78, 5) is 0. The summed E-state index contributed by atoms with van der Waals surface area (Å²) < 4.78 is 12.6. The minimum absolute atomic E-state index is 0.656. The second kappa shape index (κ2) is 3.95. The van der Waals surface area contributed by atoms with E-state index in [0.29, 0.717) is 4.71 Å². The third-order valence-corrected chi connectivity index (χ3v) is 4.90. The van der Waals surface area contributed by atoms with Gasteiger partial charge in [-0.25, -0.2) is 0 Å². The van der Waals surface area contributed by atoms with Crippen LogP contribution in [0.15, 0.2) is 14.9 Å². The van der Waals surface area contributed by atoms with Crippen LogP contribution >= 0.6 is 12.2 Å². The molecule has 0 spiro atoms. The summed E-state index contributed by atoms with van der Waals surface area (Å²) in [6.07, 6.45) is 3.26. The standard InChI is InChI=1S/C17H16O2S/c1-8-7-13-15(16-14(8)9(2)10(3)18-16)11-5-4-6-12(11)17(20)19-13/h7H,4-6H2,1-3H3. The fraction of sp³-hybridized carbons (Fsp3) is 0.353. The molecule has 20 heavy (non-hydrogen) atoms. The molecule has 1 aliphatic rings. The van der Waals surface area contributed by atoms with Crippen LogP contribution in [-0.4, -0.2) is 0 Å². The van der Waals surface area contributed by atoms with Gasteiger partial charge in [-0.3, -0.25) is 0 Å². The van der Waals surface area contributed by atoms with Gasteiger partial charge in [-0.05, 0) is 75.0 Å². The molecule has 0 saturated carbocycles. The normalized spacial score (nSPS) is 14.3. The van der Waals surface area contributed by atoms with E-state index in [4.69, 9.17) is 21.1 Å². The molecule has 0 bridgehead atoms. The summed E-state index contributed by atoms with van der Waals surface area (Å²) >= 11 is 5.41. The zero-order valence-electron chi connectivity index (χ0n) is 11.9. The number of benzene rings is 1. The fourth-order valence-corrected chi connectivity index (χ4v) is 3.82. The summed E-state index contributed by atoms with van der Waals surface area (Å²) in [5.41, 5.74) is 6.83. The molecule has 0 atom stereocenters. The average Bonchev–Trinajstić information content (AvgIpc) is 2.97. The third-order valence-electron chi connectivity index (χ3n) is 4.57. The lowest BCUT2D eigenvalue weighted by molar-refractivity contribution is 0.568. The highest BCUT2D eigenvalue weighted by molar-refractivity contribution is 7.71. The van der Waals surface area contributed by atoms with Crippen molar-refractivity contribution in [2.24, 2.45) is 0 Å². The van der Waals surface area contributed by atoms with Crippen LogP contribution in [0.5, 0.6) is 0 Å². The second-order valence-electron chi connectivity index (χ2n) is 5.75. The molecule has 2 aromatic heterocycles. The first-order valence-electron chi connectivity index (χ1n) is 7.06. The minimum Gasteiger partial charge on any atom is -0.460 e. The summed E-state index contributed by atoms with van der Waals surface area (Å²) in [6.45, 7) is 6.26. The van der Waals surface area contributed by atoms with Gasteiger partial charge in [0.15, 0.2) is 4.71 Å². The van der Waals surface area contributed by atoms with Crippen molar-refractivity contribution < 1.29 is 8.83 Å². The largest absolute Gasteiger partial charge is 0.460 e. The molecule has 3 aromatic rings. The van der Waals surface area contributed by atoms with Gasteiger partial charge in [0.05, 0.1) is 5.39 Å². The van der Waals surface area contributed by atoms with Crippen molar-refractivity contribution in [1.82, 2.24) is 0 Å². The van der Waals surface area contributed by atoms with Crippen LogP contribution in [0.1, 0.15) is 34.4 Å². The van der Waals surface area contributed by atoms with Gasteiger partial charge in [0, 0.05) is 10.9 Å². The van der Waals surface area contributed by atoms with E-state index in [-0.39, 0.29) is 0 Å². The predicted molar refractivity (Wildman–Crippen MR) is 83.1 cm³/mol. The molecule has 0 aliphatic heterocycles. The highest BCUT2D eigenvalue weighted by Crippen LogP contribution is 2.39. The number of hydrogen-bond acceptors (Lipinski definition) is 3. The lowest BCUT2D eigenvalue weighted by Gasteiger charge is -2.07. The Morgan fingerprint density at radius 3 is 2.55 bits per heavy atom. The molecule has 2 nitrogen and oxygen atoms in total. The molecule has 4 rings (SSSR count). The van der Waals surface area contributed by atoms with Crippen molar-refractivity contribution in [3.8, 4) is 0 Å². The van der Waals surface area contributed by atoms with E-state index in [0.717, 1.165) is 41.6 Å². The number of fused-ring (bicyclic) bond motifs is 5. The zero-order chi connectivity index (χ0) is 14.0. The SMILES string of the molecule is Cc1oc2c(c(C)cc3oc(=S)c4c(c32)CCC4)c1C. The first kappa shape index (κ1) is 12.2. The smallest absolute Gasteiger partial charge is 0.194 e. The molecule has 102 valence electrons. The van der Waals surface area contributed by atoms with Gasteiger partial charge < -0.3 is 8.83 Å². The van der Waals surface area contributed by atoms with E-state index in [1.165, 1.54) is 27.6 Å². The molecule has 2 heterocycles. The summed E-state index contributed by atoms with van der Waals surface area (Å²) in [6, 6.07) is 2.11. The van der Waals surface area contributed by atoms with Gasteiger partial charge >= 0.3 is 0 Å². The van der Waals surface area contributed by atoms with Crippen LogP contribution in [0.4, 0.5) is 0 Å². The molecule has 0 fully saturated rings. The van der Waals surface area contributed by atoms with E-state index in [1.807, 2.05) is 6.92 Å². The maximum Gasteiger partial charge on any atom is 0.194 e. The van der Waals surface area contributed by atoms with Gasteiger partial charge in [-0.15, -0.1) is 0 Å². The van der Waals surface area contributed by atoms with Crippen LogP contribution in [0.2, 0.25) is 0 Å². The maximum atomic E-state index is 6.06. The van der Waals surface area contributed by atoms with Crippen LogP contribution in [0.25, 0.3) is 21.9 Å². The molecule has 0 N–H and O–H groups in total. The molecule has 0 radical (unpaired) electrons. The molecule has 1 aromatic carbocycles. The van der Waals surface area contributed by atoms with Crippen molar-refractivity contribution in [1.29, 1.82) is 0 Å². The van der Waals surface area contributed by atoms with Gasteiger partial charge in [-0.2, -0.15) is 0 Å². The number of hydrogen-bond donors (Lipinski definition) is 0. The van der Waals surface area contributed by atoms with Crippen molar-refractivity contribution in [3.05, 3.63) is 38.8 Å². The topological polar surface area (TPSA) is 26.3 Å². The quantitative estimate of drug-likeness (QED) is 0.522. The summed E-state index contributed by atoms with van der Waals surface area (Å²) in [7, 11) is 0. The third kappa shape index (κ3) is 1.41. The van der Waals surface area contributed by atoms with E-state index in [2.05, 4.69) is 19.9 Å². The molecule has 0 saturated heterocycles. The monoisotopic (exact) mass is 284 g/mol. The van der Waals surface area contributed by atoms with Crippen LogP contribution in [0, 0.1) is 25.5 Å². The highest BCUT2D eigenvalue weighted by atomic mass is 32.1. The van der Waals surface area contributed by atoms with Gasteiger partial charge in [-0.1, -0.05) is 0 Å². The second-order valence-corrected chi connectivity index (χ2v) is 6.12. The Balaban J connectivity index is 2.33. The van der Waals surface area contributed by atoms with E-state index < -0.39 is 0 Å². The van der Waals surface area contributed by atoms with Crippen molar-refractivity contribution >= 4 is 34.2 Å². The first-order valence-corrected chi connectivity index (χ1v) is 7.46. The molecule has 3 heteroatoms. The van der Waals surface area contributed by atoms with Gasteiger partial charge in [0.2, 0.25) is 0 Å². The Morgan fingerprint density at radius 2 is 1.75 bits per heavy atom. The lowest BCUT2D eigenvalue weighted by Crippen LogP contribution is -1.89. The molecule has 0 amide bonds. The first-order chi connectivity index (χ1) is 9.58. The Kier molecular flexibility index (Phi) is 2.40. The lowest BCUT2D eigenvalue weighted by atomic mass is 10.00. The van der Waals surface area contributed by atoms with Crippen molar-refractivity contribution in [3.63, 3.8) is 0 Å². The summed E-state index contributed by atoms with van der Waals surface area (Å²) in [5, 5.41) is 2.37. The molecule has 0 unspecified atom stereocenters. The van der Waals surface area contributed by atoms with E-state index >= 15 is 0 Å². The predicted octanol–water partition coefficient (Wildman–Crippen LogP) is 5.32. The Bertz CT molecular complexity index is 928. The van der Waals surface area contributed by atoms with Crippen molar-refractivity contribution in [2.75, 3.05) is 0 Å². The van der Waals surface area contributed by atoms with Crippen LogP contribution < -0.4 is 0 Å². The number of rotatable bonds is 0. The number of aryl methyl sites for hydroxylation is 4. The van der Waals surface area contributed by atoms with Gasteiger partial charge in [0.25, 0.3) is 0 Å². The molecular formula is C17H16O2S. The van der Waals surface area contributed by atoms with Crippen LogP contribution in [-0.2, 0) is 12.8 Å². The number of furan rings is 1. The highest BCUT2D eigenvalue weighted by Gasteiger charge is 2.23. The molecular weight excluding hydrogens is 268 g/mol. The summed E-state index contributed by atoms with van der Waals surface area (Å²) in [5.74, 6) is 0.991. The Labute approximate surface area is 122 Å².